The van der Waals surface area contributed by atoms with Crippen molar-refractivity contribution in [3.63, 3.8) is 0 Å². The van der Waals surface area contributed by atoms with Crippen LogP contribution in [0.5, 0.6) is 0 Å². The minimum Gasteiger partial charge on any atom is -0.321 e. The number of rotatable bonds is 5. The molecule has 0 fully saturated rings. The molecule has 0 aliphatic heterocycles. The van der Waals surface area contributed by atoms with E-state index in [1.165, 1.54) is 18.5 Å². The minimum atomic E-state index is -0.437. The van der Waals surface area contributed by atoms with E-state index >= 15 is 0 Å². The van der Waals surface area contributed by atoms with E-state index in [0.29, 0.717) is 23.4 Å². The Kier molecular flexibility index (Phi) is 6.00. The van der Waals surface area contributed by atoms with Gasteiger partial charge in [-0.2, -0.15) is 5.26 Å². The van der Waals surface area contributed by atoms with E-state index in [1.54, 1.807) is 29.2 Å². The third kappa shape index (κ3) is 4.47. The lowest BCUT2D eigenvalue weighted by atomic mass is 10.1. The van der Waals surface area contributed by atoms with Crippen LogP contribution in [-0.4, -0.2) is 23.3 Å². The molecular formula is C23H20N4O2. The van der Waals surface area contributed by atoms with Crippen molar-refractivity contribution in [3.05, 3.63) is 89.2 Å². The number of nitrogens with zero attached hydrogens (tertiary/aromatic N) is 3. The summed E-state index contributed by atoms with van der Waals surface area (Å²) in [5, 5.41) is 11.9. The van der Waals surface area contributed by atoms with Gasteiger partial charge in [-0.05, 0) is 49.7 Å². The zero-order valence-electron chi connectivity index (χ0n) is 16.2. The zero-order valence-corrected chi connectivity index (χ0v) is 16.2. The van der Waals surface area contributed by atoms with Crippen LogP contribution in [0.4, 0.5) is 11.4 Å². The predicted molar refractivity (Wildman–Crippen MR) is 112 cm³/mol. The topological polar surface area (TPSA) is 86.1 Å². The standard InChI is InChI=1S/C23H20N4O2/c1-3-27(20-9-6-7-16(2)11-20)23(29)19-12-18(14-25-15-19)22(28)26-21-10-5-4-8-17(21)13-24/h4-12,14-15H,3H2,1-2H3,(H,26,28). The number of hydrogen-bond donors (Lipinski definition) is 1. The van der Waals surface area contributed by atoms with E-state index < -0.39 is 5.91 Å². The van der Waals surface area contributed by atoms with Crippen molar-refractivity contribution >= 4 is 23.2 Å². The summed E-state index contributed by atoms with van der Waals surface area (Å²) in [7, 11) is 0. The molecule has 144 valence electrons. The lowest BCUT2D eigenvalue weighted by Gasteiger charge is -2.21. The smallest absolute Gasteiger partial charge is 0.259 e. The Morgan fingerprint density at radius 3 is 2.55 bits per heavy atom. The average molecular weight is 384 g/mol. The summed E-state index contributed by atoms with van der Waals surface area (Å²) in [6, 6.07) is 17.9. The van der Waals surface area contributed by atoms with Crippen molar-refractivity contribution in [3.8, 4) is 6.07 Å². The van der Waals surface area contributed by atoms with E-state index in [1.807, 2.05) is 44.2 Å². The first-order valence-electron chi connectivity index (χ1n) is 9.17. The maximum Gasteiger partial charge on any atom is 0.259 e. The van der Waals surface area contributed by atoms with Crippen LogP contribution in [-0.2, 0) is 0 Å². The Bertz CT molecular complexity index is 1100. The maximum atomic E-state index is 13.0. The number of carbonyl (C=O) groups is 2. The fourth-order valence-corrected chi connectivity index (χ4v) is 2.96. The zero-order chi connectivity index (χ0) is 20.8. The van der Waals surface area contributed by atoms with Crippen LogP contribution in [0, 0.1) is 18.3 Å². The fourth-order valence-electron chi connectivity index (χ4n) is 2.96. The van der Waals surface area contributed by atoms with Gasteiger partial charge in [-0.3, -0.25) is 14.6 Å². The van der Waals surface area contributed by atoms with E-state index in [-0.39, 0.29) is 11.5 Å². The van der Waals surface area contributed by atoms with Crippen LogP contribution in [0.2, 0.25) is 0 Å². The first-order valence-corrected chi connectivity index (χ1v) is 9.17. The normalized spacial score (nSPS) is 10.1. The van der Waals surface area contributed by atoms with Crippen molar-refractivity contribution in [2.45, 2.75) is 13.8 Å². The molecule has 0 aliphatic carbocycles. The quantitative estimate of drug-likeness (QED) is 0.715. The maximum absolute atomic E-state index is 13.0. The van der Waals surface area contributed by atoms with Gasteiger partial charge < -0.3 is 10.2 Å². The van der Waals surface area contributed by atoms with Crippen molar-refractivity contribution in [2.75, 3.05) is 16.8 Å². The van der Waals surface area contributed by atoms with Gasteiger partial charge in [0.25, 0.3) is 11.8 Å². The van der Waals surface area contributed by atoms with Gasteiger partial charge in [-0.25, -0.2) is 0 Å². The van der Waals surface area contributed by atoms with E-state index in [4.69, 9.17) is 0 Å². The molecule has 1 heterocycles. The number of pyridine rings is 1. The summed E-state index contributed by atoms with van der Waals surface area (Å²) in [5.74, 6) is -0.675. The number of nitriles is 1. The highest BCUT2D eigenvalue weighted by Crippen LogP contribution is 2.19. The first kappa shape index (κ1) is 19.8. The molecule has 0 saturated heterocycles. The van der Waals surface area contributed by atoms with Gasteiger partial charge in [0, 0.05) is 24.6 Å². The molecule has 2 aromatic carbocycles. The highest BCUT2D eigenvalue weighted by molar-refractivity contribution is 6.09. The highest BCUT2D eigenvalue weighted by atomic mass is 16.2. The fraction of sp³-hybridized carbons (Fsp3) is 0.130. The lowest BCUT2D eigenvalue weighted by Crippen LogP contribution is -2.31. The number of amides is 2. The van der Waals surface area contributed by atoms with Crippen molar-refractivity contribution < 1.29 is 9.59 Å². The Hall–Kier alpha value is -3.98. The number of aryl methyl sites for hydroxylation is 1. The molecule has 0 saturated carbocycles. The van der Waals surface area contributed by atoms with Crippen LogP contribution in [0.15, 0.2) is 67.0 Å². The summed E-state index contributed by atoms with van der Waals surface area (Å²) in [6.45, 7) is 4.34. The molecule has 0 aliphatic rings. The summed E-state index contributed by atoms with van der Waals surface area (Å²) in [6.07, 6.45) is 2.84. The number of benzene rings is 2. The SMILES string of the molecule is CCN(C(=O)c1cncc(C(=O)Nc2ccccc2C#N)c1)c1cccc(C)c1. The molecule has 29 heavy (non-hydrogen) atoms. The lowest BCUT2D eigenvalue weighted by molar-refractivity contribution is 0.0988. The van der Waals surface area contributed by atoms with Crippen LogP contribution in [0.1, 0.15) is 38.8 Å². The summed E-state index contributed by atoms with van der Waals surface area (Å²) in [4.78, 5) is 31.4. The second-order valence-electron chi connectivity index (χ2n) is 6.46. The Morgan fingerprint density at radius 2 is 1.83 bits per heavy atom. The van der Waals surface area contributed by atoms with Gasteiger partial charge >= 0.3 is 0 Å². The summed E-state index contributed by atoms with van der Waals surface area (Å²) in [5.41, 5.74) is 3.16. The Labute approximate surface area is 169 Å². The number of nitrogens with one attached hydrogen (secondary N) is 1. The van der Waals surface area contributed by atoms with Crippen LogP contribution < -0.4 is 10.2 Å². The van der Waals surface area contributed by atoms with Gasteiger partial charge in [-0.1, -0.05) is 24.3 Å². The Balaban J connectivity index is 1.85. The van der Waals surface area contributed by atoms with Gasteiger partial charge in [0.05, 0.1) is 22.4 Å². The molecule has 0 atom stereocenters. The van der Waals surface area contributed by atoms with E-state index in [2.05, 4.69) is 10.3 Å². The molecule has 1 N–H and O–H groups in total. The molecule has 0 bridgehead atoms. The van der Waals surface area contributed by atoms with Gasteiger partial charge in [0.1, 0.15) is 6.07 Å². The van der Waals surface area contributed by atoms with Gasteiger partial charge in [0.2, 0.25) is 0 Å². The third-order valence-electron chi connectivity index (χ3n) is 4.42. The van der Waals surface area contributed by atoms with Gasteiger partial charge in [0.15, 0.2) is 0 Å². The number of anilines is 2. The third-order valence-corrected chi connectivity index (χ3v) is 4.42. The van der Waals surface area contributed by atoms with E-state index in [0.717, 1.165) is 11.3 Å². The molecular weight excluding hydrogens is 364 g/mol. The second-order valence-corrected chi connectivity index (χ2v) is 6.46. The molecule has 2 amide bonds. The van der Waals surface area contributed by atoms with Crippen molar-refractivity contribution in [2.24, 2.45) is 0 Å². The molecule has 0 unspecified atom stereocenters. The first-order chi connectivity index (χ1) is 14.0. The van der Waals surface area contributed by atoms with E-state index in [9.17, 15) is 14.9 Å². The largest absolute Gasteiger partial charge is 0.321 e. The Morgan fingerprint density at radius 1 is 1.07 bits per heavy atom. The van der Waals surface area contributed by atoms with Crippen LogP contribution >= 0.6 is 0 Å². The van der Waals surface area contributed by atoms with Crippen molar-refractivity contribution in [1.29, 1.82) is 5.26 Å². The number of para-hydroxylation sites is 1. The summed E-state index contributed by atoms with van der Waals surface area (Å²) < 4.78 is 0. The number of aromatic nitrogens is 1. The summed E-state index contributed by atoms with van der Waals surface area (Å²) >= 11 is 0. The molecule has 3 aromatic rings. The number of carbonyl (C=O) groups excluding carboxylic acids is 2. The van der Waals surface area contributed by atoms with Crippen LogP contribution in [0.25, 0.3) is 0 Å². The minimum absolute atomic E-state index is 0.238. The second kappa shape index (κ2) is 8.81. The highest BCUT2D eigenvalue weighted by Gasteiger charge is 2.18. The monoisotopic (exact) mass is 384 g/mol. The predicted octanol–water partition coefficient (Wildman–Crippen LogP) is 4.18. The van der Waals surface area contributed by atoms with Crippen LogP contribution in [0.3, 0.4) is 0 Å². The molecule has 1 aromatic heterocycles. The molecule has 0 spiro atoms. The number of hydrogen-bond acceptors (Lipinski definition) is 4. The molecule has 6 nitrogen and oxygen atoms in total. The molecule has 3 rings (SSSR count). The molecule has 6 heteroatoms. The molecule has 0 radical (unpaired) electrons. The van der Waals surface area contributed by atoms with Gasteiger partial charge in [-0.15, -0.1) is 0 Å². The van der Waals surface area contributed by atoms with Crippen molar-refractivity contribution in [1.82, 2.24) is 4.98 Å². The average Bonchev–Trinajstić information content (AvgIpc) is 2.74.